The topological polar surface area (TPSA) is 61.4 Å². The molecular weight excluding hydrogens is 286 g/mol. The average Bonchev–Trinajstić information content (AvgIpc) is 3.24. The minimum absolute atomic E-state index is 0.475. The second kappa shape index (κ2) is 6.94. The van der Waals surface area contributed by atoms with Gasteiger partial charge in [-0.1, -0.05) is 19.3 Å². The van der Waals surface area contributed by atoms with Crippen LogP contribution in [0.25, 0.3) is 0 Å². The zero-order chi connectivity index (χ0) is 14.7. The van der Waals surface area contributed by atoms with Crippen LogP contribution >= 0.6 is 0 Å². The summed E-state index contributed by atoms with van der Waals surface area (Å²) in [5, 5.41) is 3.53. The van der Waals surface area contributed by atoms with Gasteiger partial charge in [0.15, 0.2) is 0 Å². The molecule has 2 N–H and O–H groups in total. The van der Waals surface area contributed by atoms with Crippen molar-refractivity contribution in [2.75, 3.05) is 26.2 Å². The predicted octanol–water partition coefficient (Wildman–Crippen LogP) is 1.47. The zero-order valence-corrected chi connectivity index (χ0v) is 13.7. The molecule has 1 aliphatic heterocycles. The highest BCUT2D eigenvalue weighted by atomic mass is 32.2. The Hall–Kier alpha value is -0.170. The van der Waals surface area contributed by atoms with Crippen LogP contribution in [0.4, 0.5) is 0 Å². The van der Waals surface area contributed by atoms with Gasteiger partial charge in [0.05, 0.1) is 0 Å². The van der Waals surface area contributed by atoms with E-state index < -0.39 is 10.2 Å². The van der Waals surface area contributed by atoms with E-state index in [4.69, 9.17) is 0 Å². The Balaban J connectivity index is 1.41. The SMILES string of the molecule is O=S(=O)(NCCC1CCC1)N1CCCC(CNC2CC2)C1. The van der Waals surface area contributed by atoms with Crippen LogP contribution in [0.15, 0.2) is 0 Å². The molecule has 21 heavy (non-hydrogen) atoms. The van der Waals surface area contributed by atoms with Crippen LogP contribution in [0.1, 0.15) is 51.4 Å². The molecule has 0 aromatic heterocycles. The van der Waals surface area contributed by atoms with Gasteiger partial charge in [-0.25, -0.2) is 4.72 Å². The van der Waals surface area contributed by atoms with Crippen LogP contribution in [-0.4, -0.2) is 44.9 Å². The molecular formula is C15H29N3O2S. The van der Waals surface area contributed by atoms with Gasteiger partial charge >= 0.3 is 0 Å². The smallest absolute Gasteiger partial charge is 0.279 e. The van der Waals surface area contributed by atoms with Crippen molar-refractivity contribution in [1.82, 2.24) is 14.3 Å². The van der Waals surface area contributed by atoms with Gasteiger partial charge in [-0.3, -0.25) is 0 Å². The quantitative estimate of drug-likeness (QED) is 0.713. The number of nitrogens with zero attached hydrogens (tertiary/aromatic N) is 1. The fourth-order valence-corrected chi connectivity index (χ4v) is 4.63. The summed E-state index contributed by atoms with van der Waals surface area (Å²) < 4.78 is 29.2. The summed E-state index contributed by atoms with van der Waals surface area (Å²) in [6, 6.07) is 0.706. The van der Waals surface area contributed by atoms with Crippen molar-refractivity contribution in [3.05, 3.63) is 0 Å². The Bertz CT molecular complexity index is 432. The molecule has 2 saturated carbocycles. The molecule has 2 aliphatic carbocycles. The lowest BCUT2D eigenvalue weighted by Gasteiger charge is -2.32. The molecule has 3 fully saturated rings. The van der Waals surface area contributed by atoms with Crippen molar-refractivity contribution < 1.29 is 8.42 Å². The van der Waals surface area contributed by atoms with E-state index in [2.05, 4.69) is 10.0 Å². The van der Waals surface area contributed by atoms with Gasteiger partial charge in [0.2, 0.25) is 0 Å². The molecule has 3 aliphatic rings. The maximum atomic E-state index is 12.4. The predicted molar refractivity (Wildman–Crippen MR) is 84.2 cm³/mol. The minimum atomic E-state index is -3.26. The molecule has 1 unspecified atom stereocenters. The summed E-state index contributed by atoms with van der Waals surface area (Å²) in [5.41, 5.74) is 0. The molecule has 1 atom stereocenters. The molecule has 1 heterocycles. The first-order valence-electron chi connectivity index (χ1n) is 8.61. The standard InChI is InChI=1S/C15H29N3O2S/c19-21(20,17-9-8-13-3-1-4-13)18-10-2-5-14(12-18)11-16-15-6-7-15/h13-17H,1-12H2. The Kier molecular flexibility index (Phi) is 5.19. The molecule has 5 nitrogen and oxygen atoms in total. The summed E-state index contributed by atoms with van der Waals surface area (Å²) in [4.78, 5) is 0. The number of piperidine rings is 1. The first-order chi connectivity index (χ1) is 10.1. The Labute approximate surface area is 129 Å². The maximum Gasteiger partial charge on any atom is 0.279 e. The molecule has 0 radical (unpaired) electrons. The van der Waals surface area contributed by atoms with E-state index in [1.807, 2.05) is 0 Å². The lowest BCUT2D eigenvalue weighted by atomic mass is 9.83. The Morgan fingerprint density at radius 2 is 1.76 bits per heavy atom. The lowest BCUT2D eigenvalue weighted by Crippen LogP contribution is -2.48. The van der Waals surface area contributed by atoms with E-state index in [-0.39, 0.29) is 0 Å². The van der Waals surface area contributed by atoms with Crippen LogP contribution in [0.3, 0.4) is 0 Å². The monoisotopic (exact) mass is 315 g/mol. The normalized spacial score (nSPS) is 28.5. The van der Waals surface area contributed by atoms with E-state index in [0.717, 1.165) is 31.7 Å². The number of rotatable bonds is 8. The van der Waals surface area contributed by atoms with Crippen molar-refractivity contribution in [3.63, 3.8) is 0 Å². The van der Waals surface area contributed by atoms with Crippen molar-refractivity contribution in [3.8, 4) is 0 Å². The van der Waals surface area contributed by atoms with E-state index in [1.54, 1.807) is 4.31 Å². The van der Waals surface area contributed by atoms with E-state index in [1.165, 1.54) is 32.1 Å². The maximum absolute atomic E-state index is 12.4. The number of nitrogens with one attached hydrogen (secondary N) is 2. The molecule has 0 bridgehead atoms. The van der Waals surface area contributed by atoms with Gasteiger partial charge in [0, 0.05) is 25.7 Å². The summed E-state index contributed by atoms with van der Waals surface area (Å²) in [6.07, 6.45) is 9.59. The van der Waals surface area contributed by atoms with E-state index in [9.17, 15) is 8.42 Å². The molecule has 1 saturated heterocycles. The molecule has 0 aromatic carbocycles. The Morgan fingerprint density at radius 3 is 2.43 bits per heavy atom. The minimum Gasteiger partial charge on any atom is -0.314 e. The number of hydrogen-bond acceptors (Lipinski definition) is 3. The molecule has 0 spiro atoms. The number of hydrogen-bond donors (Lipinski definition) is 2. The van der Waals surface area contributed by atoms with Crippen molar-refractivity contribution >= 4 is 10.2 Å². The van der Waals surface area contributed by atoms with Gasteiger partial charge in [0.1, 0.15) is 0 Å². The summed E-state index contributed by atoms with van der Waals surface area (Å²) in [5.74, 6) is 1.23. The average molecular weight is 315 g/mol. The summed E-state index contributed by atoms with van der Waals surface area (Å²) in [7, 11) is -3.26. The van der Waals surface area contributed by atoms with Gasteiger partial charge in [-0.15, -0.1) is 0 Å². The van der Waals surface area contributed by atoms with Crippen LogP contribution < -0.4 is 10.0 Å². The third-order valence-electron chi connectivity index (χ3n) is 5.16. The molecule has 0 amide bonds. The van der Waals surface area contributed by atoms with Crippen LogP contribution in [0, 0.1) is 11.8 Å². The highest BCUT2D eigenvalue weighted by Gasteiger charge is 2.30. The van der Waals surface area contributed by atoms with Crippen LogP contribution in [0.2, 0.25) is 0 Å². The fraction of sp³-hybridized carbons (Fsp3) is 1.00. The van der Waals surface area contributed by atoms with Gasteiger partial charge < -0.3 is 5.32 Å². The first-order valence-corrected chi connectivity index (χ1v) is 10.1. The largest absolute Gasteiger partial charge is 0.314 e. The second-order valence-electron chi connectivity index (χ2n) is 7.03. The third kappa shape index (κ3) is 4.65. The second-order valence-corrected chi connectivity index (χ2v) is 8.79. The fourth-order valence-electron chi connectivity index (χ4n) is 3.30. The highest BCUT2D eigenvalue weighted by molar-refractivity contribution is 7.87. The van der Waals surface area contributed by atoms with Crippen molar-refractivity contribution in [2.45, 2.75) is 57.4 Å². The van der Waals surface area contributed by atoms with Crippen molar-refractivity contribution in [2.24, 2.45) is 11.8 Å². The van der Waals surface area contributed by atoms with Crippen molar-refractivity contribution in [1.29, 1.82) is 0 Å². The summed E-state index contributed by atoms with van der Waals surface area (Å²) >= 11 is 0. The molecule has 122 valence electrons. The molecule has 0 aromatic rings. The van der Waals surface area contributed by atoms with Gasteiger partial charge in [-0.2, -0.15) is 12.7 Å². The highest BCUT2D eigenvalue weighted by Crippen LogP contribution is 2.29. The lowest BCUT2D eigenvalue weighted by molar-refractivity contribution is 0.255. The molecule has 6 heteroatoms. The van der Waals surface area contributed by atoms with E-state index in [0.29, 0.717) is 31.6 Å². The van der Waals surface area contributed by atoms with Gasteiger partial charge in [-0.05, 0) is 50.5 Å². The van der Waals surface area contributed by atoms with Gasteiger partial charge in [0.25, 0.3) is 10.2 Å². The molecule has 3 rings (SSSR count). The Morgan fingerprint density at radius 1 is 1.00 bits per heavy atom. The summed E-state index contributed by atoms with van der Waals surface area (Å²) in [6.45, 7) is 2.93. The zero-order valence-electron chi connectivity index (χ0n) is 12.9. The van der Waals surface area contributed by atoms with Crippen LogP contribution in [-0.2, 0) is 10.2 Å². The van der Waals surface area contributed by atoms with Crippen LogP contribution in [0.5, 0.6) is 0 Å². The van der Waals surface area contributed by atoms with E-state index >= 15 is 0 Å². The first kappa shape index (κ1) is 15.7. The third-order valence-corrected chi connectivity index (χ3v) is 6.74.